The van der Waals surface area contributed by atoms with Crippen molar-refractivity contribution in [2.75, 3.05) is 6.54 Å². The summed E-state index contributed by atoms with van der Waals surface area (Å²) in [6.07, 6.45) is 9.71. The lowest BCUT2D eigenvalue weighted by atomic mass is 9.83. The van der Waals surface area contributed by atoms with Gasteiger partial charge in [-0.25, -0.2) is 0 Å². The number of unbranched alkanes of at least 4 members (excludes halogenated alkanes) is 1. The van der Waals surface area contributed by atoms with Gasteiger partial charge in [0.25, 0.3) is 0 Å². The average molecular weight is 169 g/mol. The Kier molecular flexibility index (Phi) is 4.07. The molecule has 0 aromatic rings. The van der Waals surface area contributed by atoms with Crippen molar-refractivity contribution < 1.29 is 0 Å². The Labute approximate surface area is 76.9 Å². The van der Waals surface area contributed by atoms with Crippen LogP contribution in [0.2, 0.25) is 0 Å². The fourth-order valence-electron chi connectivity index (χ4n) is 2.08. The lowest BCUT2D eigenvalue weighted by Gasteiger charge is -2.34. The minimum atomic E-state index is 0.480. The molecule has 0 amide bonds. The maximum absolute atomic E-state index is 3.70. The highest BCUT2D eigenvalue weighted by Gasteiger charge is 2.24. The normalized spacial score (nSPS) is 22.5. The highest BCUT2D eigenvalue weighted by Crippen LogP contribution is 2.27. The van der Waals surface area contributed by atoms with Gasteiger partial charge in [-0.3, -0.25) is 0 Å². The molecule has 1 N–H and O–H groups in total. The van der Waals surface area contributed by atoms with Crippen molar-refractivity contribution >= 4 is 0 Å². The van der Waals surface area contributed by atoms with Crippen LogP contribution in [0.15, 0.2) is 0 Å². The van der Waals surface area contributed by atoms with Crippen LogP contribution >= 0.6 is 0 Å². The summed E-state index contributed by atoms with van der Waals surface area (Å²) in [5.74, 6) is 0. The molecule has 0 aliphatic heterocycles. The first-order valence-electron chi connectivity index (χ1n) is 5.52. The topological polar surface area (TPSA) is 12.0 Å². The van der Waals surface area contributed by atoms with E-state index in [2.05, 4.69) is 19.2 Å². The summed E-state index contributed by atoms with van der Waals surface area (Å²) in [4.78, 5) is 0. The Hall–Kier alpha value is -0.0400. The highest BCUT2D eigenvalue weighted by atomic mass is 15.0. The molecule has 0 aromatic heterocycles. The van der Waals surface area contributed by atoms with E-state index in [1.54, 1.807) is 0 Å². The Morgan fingerprint density at radius 2 is 1.83 bits per heavy atom. The highest BCUT2D eigenvalue weighted by molar-refractivity contribution is 4.85. The number of hydrogen-bond donors (Lipinski definition) is 1. The van der Waals surface area contributed by atoms with Crippen LogP contribution in [0.1, 0.15) is 58.8 Å². The van der Waals surface area contributed by atoms with Crippen molar-refractivity contribution in [2.24, 2.45) is 0 Å². The number of rotatable bonds is 4. The van der Waals surface area contributed by atoms with Crippen molar-refractivity contribution in [3.05, 3.63) is 0 Å². The molecular formula is C11H23N. The van der Waals surface area contributed by atoms with Gasteiger partial charge in [0, 0.05) is 5.54 Å². The van der Waals surface area contributed by atoms with E-state index >= 15 is 0 Å². The molecule has 0 bridgehead atoms. The molecule has 1 nitrogen and oxygen atoms in total. The van der Waals surface area contributed by atoms with Gasteiger partial charge in [-0.05, 0) is 32.7 Å². The van der Waals surface area contributed by atoms with E-state index in [9.17, 15) is 0 Å². The molecule has 0 heterocycles. The Bertz CT molecular complexity index is 114. The molecule has 0 aromatic carbocycles. The van der Waals surface area contributed by atoms with Gasteiger partial charge in [0.15, 0.2) is 0 Å². The van der Waals surface area contributed by atoms with Crippen molar-refractivity contribution in [1.82, 2.24) is 5.32 Å². The summed E-state index contributed by atoms with van der Waals surface area (Å²) < 4.78 is 0. The smallest absolute Gasteiger partial charge is 0.0153 e. The summed E-state index contributed by atoms with van der Waals surface area (Å²) in [5.41, 5.74) is 0.480. The van der Waals surface area contributed by atoms with Gasteiger partial charge in [0.1, 0.15) is 0 Å². The van der Waals surface area contributed by atoms with Crippen molar-refractivity contribution in [3.8, 4) is 0 Å². The zero-order chi connectivity index (χ0) is 8.86. The van der Waals surface area contributed by atoms with Crippen LogP contribution in [0.3, 0.4) is 0 Å². The van der Waals surface area contributed by atoms with Gasteiger partial charge in [0.05, 0.1) is 0 Å². The first-order chi connectivity index (χ1) is 5.77. The standard InChI is InChI=1S/C11H23N/c1-3-4-10-12-11(2)8-6-5-7-9-11/h12H,3-10H2,1-2H3. The van der Waals surface area contributed by atoms with E-state index < -0.39 is 0 Å². The molecule has 72 valence electrons. The van der Waals surface area contributed by atoms with Crippen molar-refractivity contribution in [3.63, 3.8) is 0 Å². The first-order valence-corrected chi connectivity index (χ1v) is 5.52. The molecule has 0 saturated heterocycles. The minimum Gasteiger partial charge on any atom is -0.312 e. The lowest BCUT2D eigenvalue weighted by molar-refractivity contribution is 0.254. The van der Waals surface area contributed by atoms with Gasteiger partial charge in [-0.15, -0.1) is 0 Å². The summed E-state index contributed by atoms with van der Waals surface area (Å²) in [6, 6.07) is 0. The molecule has 0 spiro atoms. The third kappa shape index (κ3) is 3.14. The van der Waals surface area contributed by atoms with Crippen molar-refractivity contribution in [2.45, 2.75) is 64.3 Å². The molecule has 0 radical (unpaired) electrons. The Balaban J connectivity index is 2.17. The Morgan fingerprint density at radius 3 is 2.42 bits per heavy atom. The van der Waals surface area contributed by atoms with Gasteiger partial charge >= 0.3 is 0 Å². The van der Waals surface area contributed by atoms with Crippen LogP contribution in [-0.4, -0.2) is 12.1 Å². The van der Waals surface area contributed by atoms with Gasteiger partial charge < -0.3 is 5.32 Å². The van der Waals surface area contributed by atoms with E-state index in [0.717, 1.165) is 0 Å². The van der Waals surface area contributed by atoms with Crippen LogP contribution in [0.5, 0.6) is 0 Å². The molecule has 0 unspecified atom stereocenters. The van der Waals surface area contributed by atoms with Crippen LogP contribution in [0, 0.1) is 0 Å². The largest absolute Gasteiger partial charge is 0.312 e. The van der Waals surface area contributed by atoms with E-state index in [1.165, 1.54) is 51.5 Å². The van der Waals surface area contributed by atoms with Gasteiger partial charge in [-0.1, -0.05) is 32.6 Å². The lowest BCUT2D eigenvalue weighted by Crippen LogP contribution is -2.44. The summed E-state index contributed by atoms with van der Waals surface area (Å²) >= 11 is 0. The molecule has 1 fully saturated rings. The van der Waals surface area contributed by atoms with Gasteiger partial charge in [0.2, 0.25) is 0 Å². The zero-order valence-electron chi connectivity index (χ0n) is 8.66. The third-order valence-corrected chi connectivity index (χ3v) is 3.04. The van der Waals surface area contributed by atoms with Gasteiger partial charge in [-0.2, -0.15) is 0 Å². The number of hydrogen-bond acceptors (Lipinski definition) is 1. The second-order valence-electron chi connectivity index (χ2n) is 4.40. The first kappa shape index (κ1) is 10.0. The zero-order valence-corrected chi connectivity index (χ0v) is 8.66. The average Bonchev–Trinajstić information content (AvgIpc) is 2.06. The molecule has 1 aliphatic rings. The quantitative estimate of drug-likeness (QED) is 0.638. The van der Waals surface area contributed by atoms with Crippen LogP contribution in [0.25, 0.3) is 0 Å². The molecule has 1 aliphatic carbocycles. The number of nitrogens with one attached hydrogen (secondary N) is 1. The second kappa shape index (κ2) is 4.86. The van der Waals surface area contributed by atoms with Crippen LogP contribution < -0.4 is 5.32 Å². The van der Waals surface area contributed by atoms with E-state index in [-0.39, 0.29) is 0 Å². The SMILES string of the molecule is CCCCNC1(C)CCCCC1. The fourth-order valence-corrected chi connectivity index (χ4v) is 2.08. The predicted octanol–water partition coefficient (Wildman–Crippen LogP) is 3.10. The Morgan fingerprint density at radius 1 is 1.17 bits per heavy atom. The van der Waals surface area contributed by atoms with Crippen LogP contribution in [-0.2, 0) is 0 Å². The molecule has 1 heteroatoms. The molecular weight excluding hydrogens is 146 g/mol. The molecule has 1 rings (SSSR count). The van der Waals surface area contributed by atoms with Crippen molar-refractivity contribution in [1.29, 1.82) is 0 Å². The summed E-state index contributed by atoms with van der Waals surface area (Å²) in [5, 5.41) is 3.70. The summed E-state index contributed by atoms with van der Waals surface area (Å²) in [7, 11) is 0. The molecule has 0 atom stereocenters. The molecule has 1 saturated carbocycles. The third-order valence-electron chi connectivity index (χ3n) is 3.04. The van der Waals surface area contributed by atoms with E-state index in [1.807, 2.05) is 0 Å². The monoisotopic (exact) mass is 169 g/mol. The minimum absolute atomic E-state index is 0.480. The van der Waals surface area contributed by atoms with Crippen LogP contribution in [0.4, 0.5) is 0 Å². The predicted molar refractivity (Wildman–Crippen MR) is 54.4 cm³/mol. The van der Waals surface area contributed by atoms with E-state index in [0.29, 0.717) is 5.54 Å². The maximum Gasteiger partial charge on any atom is 0.0153 e. The fraction of sp³-hybridized carbons (Fsp3) is 1.00. The summed E-state index contributed by atoms with van der Waals surface area (Å²) in [6.45, 7) is 5.86. The van der Waals surface area contributed by atoms with E-state index in [4.69, 9.17) is 0 Å². The maximum atomic E-state index is 3.70. The molecule has 12 heavy (non-hydrogen) atoms. The second-order valence-corrected chi connectivity index (χ2v) is 4.40.